The van der Waals surface area contributed by atoms with Crippen LogP contribution in [0.25, 0.3) is 0 Å². The molecule has 0 saturated heterocycles. The molecule has 0 bridgehead atoms. The highest BCUT2D eigenvalue weighted by atomic mass is 32.2. The highest BCUT2D eigenvalue weighted by Gasteiger charge is 2.08. The lowest BCUT2D eigenvalue weighted by atomic mass is 10.1. The second-order valence-electron chi connectivity index (χ2n) is 3.49. The molecule has 1 aromatic rings. The van der Waals surface area contributed by atoms with Gasteiger partial charge in [-0.2, -0.15) is 8.42 Å². The Kier molecular flexibility index (Phi) is 2.85. The molecule has 0 aliphatic rings. The second kappa shape index (κ2) is 3.61. The van der Waals surface area contributed by atoms with E-state index in [0.29, 0.717) is 5.75 Å². The summed E-state index contributed by atoms with van der Waals surface area (Å²) in [6, 6.07) is 3.65. The minimum Gasteiger partial charge on any atom is -0.382 e. The van der Waals surface area contributed by atoms with Crippen molar-refractivity contribution in [3.63, 3.8) is 0 Å². The van der Waals surface area contributed by atoms with Crippen molar-refractivity contribution in [2.24, 2.45) is 0 Å². The highest BCUT2D eigenvalue weighted by Crippen LogP contribution is 2.23. The van der Waals surface area contributed by atoms with E-state index in [1.807, 2.05) is 26.8 Å². The number of hydrogen-bond donors (Lipinski definition) is 0. The first-order valence-electron chi connectivity index (χ1n) is 4.27. The third-order valence-corrected chi connectivity index (χ3v) is 2.51. The van der Waals surface area contributed by atoms with Crippen LogP contribution in [-0.4, -0.2) is 14.7 Å². The summed E-state index contributed by atoms with van der Waals surface area (Å²) < 4.78 is 26.7. The van der Waals surface area contributed by atoms with Crippen LogP contribution in [-0.2, 0) is 10.1 Å². The van der Waals surface area contributed by atoms with Crippen LogP contribution in [0.2, 0.25) is 0 Å². The van der Waals surface area contributed by atoms with Crippen molar-refractivity contribution in [3.05, 3.63) is 28.8 Å². The maximum absolute atomic E-state index is 10.9. The van der Waals surface area contributed by atoms with Gasteiger partial charge in [0, 0.05) is 0 Å². The van der Waals surface area contributed by atoms with E-state index < -0.39 is 10.1 Å². The van der Waals surface area contributed by atoms with E-state index in [4.69, 9.17) is 4.18 Å². The van der Waals surface area contributed by atoms with Crippen molar-refractivity contribution in [1.29, 1.82) is 0 Å². The van der Waals surface area contributed by atoms with Gasteiger partial charge in [-0.1, -0.05) is 6.07 Å². The monoisotopic (exact) mass is 214 g/mol. The molecular weight excluding hydrogens is 200 g/mol. The van der Waals surface area contributed by atoms with Gasteiger partial charge in [-0.15, -0.1) is 0 Å². The fourth-order valence-corrected chi connectivity index (χ4v) is 1.69. The molecule has 3 nitrogen and oxygen atoms in total. The van der Waals surface area contributed by atoms with Crippen LogP contribution in [0.4, 0.5) is 0 Å². The topological polar surface area (TPSA) is 43.4 Å². The maximum Gasteiger partial charge on any atom is 0.306 e. The summed E-state index contributed by atoms with van der Waals surface area (Å²) in [7, 11) is -3.43. The largest absolute Gasteiger partial charge is 0.382 e. The fraction of sp³-hybridized carbons (Fsp3) is 0.400. The van der Waals surface area contributed by atoms with Gasteiger partial charge in [-0.3, -0.25) is 0 Å². The van der Waals surface area contributed by atoms with Crippen LogP contribution in [0.5, 0.6) is 5.75 Å². The van der Waals surface area contributed by atoms with E-state index >= 15 is 0 Å². The van der Waals surface area contributed by atoms with E-state index in [9.17, 15) is 8.42 Å². The standard InChI is InChI=1S/C10H14O3S/c1-7-5-9(3)10(6-8(7)2)13-14(4,11)12/h5-6H,1-4H3. The summed E-state index contributed by atoms with van der Waals surface area (Å²) in [5, 5.41) is 0. The van der Waals surface area contributed by atoms with E-state index in [1.165, 1.54) is 0 Å². The van der Waals surface area contributed by atoms with Gasteiger partial charge >= 0.3 is 10.1 Å². The van der Waals surface area contributed by atoms with Gasteiger partial charge in [0.05, 0.1) is 6.26 Å². The molecule has 78 valence electrons. The van der Waals surface area contributed by atoms with Crippen molar-refractivity contribution in [1.82, 2.24) is 0 Å². The molecule has 0 spiro atoms. The fourth-order valence-electron chi connectivity index (χ4n) is 1.19. The van der Waals surface area contributed by atoms with Crippen molar-refractivity contribution in [3.8, 4) is 5.75 Å². The molecule has 0 aliphatic carbocycles. The number of benzene rings is 1. The third-order valence-electron chi connectivity index (χ3n) is 2.03. The zero-order chi connectivity index (χ0) is 10.9. The number of rotatable bonds is 2. The first-order chi connectivity index (χ1) is 6.29. The Hall–Kier alpha value is -1.03. The average Bonchev–Trinajstić information content (AvgIpc) is 1.97. The maximum atomic E-state index is 10.9. The molecule has 0 N–H and O–H groups in total. The predicted molar refractivity (Wildman–Crippen MR) is 56.1 cm³/mol. The zero-order valence-corrected chi connectivity index (χ0v) is 9.60. The van der Waals surface area contributed by atoms with E-state index in [0.717, 1.165) is 22.9 Å². The van der Waals surface area contributed by atoms with Crippen LogP contribution in [0.3, 0.4) is 0 Å². The van der Waals surface area contributed by atoms with Gasteiger partial charge in [0.2, 0.25) is 0 Å². The first-order valence-corrected chi connectivity index (χ1v) is 6.08. The minimum atomic E-state index is -3.43. The molecule has 14 heavy (non-hydrogen) atoms. The van der Waals surface area contributed by atoms with Crippen LogP contribution in [0, 0.1) is 20.8 Å². The van der Waals surface area contributed by atoms with Gasteiger partial charge in [0.25, 0.3) is 0 Å². The van der Waals surface area contributed by atoms with Crippen LogP contribution < -0.4 is 4.18 Å². The molecule has 0 amide bonds. The second-order valence-corrected chi connectivity index (χ2v) is 5.06. The molecular formula is C10H14O3S. The lowest BCUT2D eigenvalue weighted by Gasteiger charge is -2.09. The van der Waals surface area contributed by atoms with Gasteiger partial charge < -0.3 is 4.18 Å². The number of aryl methyl sites for hydroxylation is 3. The molecule has 1 aromatic carbocycles. The molecule has 0 aliphatic heterocycles. The molecule has 1 rings (SSSR count). The summed E-state index contributed by atoms with van der Waals surface area (Å²) in [5.41, 5.74) is 2.98. The van der Waals surface area contributed by atoms with Crippen LogP contribution in [0.15, 0.2) is 12.1 Å². The van der Waals surface area contributed by atoms with Crippen molar-refractivity contribution < 1.29 is 12.6 Å². The van der Waals surface area contributed by atoms with Gasteiger partial charge in [-0.25, -0.2) is 0 Å². The lowest BCUT2D eigenvalue weighted by molar-refractivity contribution is 0.491. The first kappa shape index (κ1) is 11.0. The van der Waals surface area contributed by atoms with Gasteiger partial charge in [0.1, 0.15) is 5.75 Å². The zero-order valence-electron chi connectivity index (χ0n) is 8.79. The Morgan fingerprint density at radius 2 is 1.50 bits per heavy atom. The minimum absolute atomic E-state index is 0.413. The molecule has 0 saturated carbocycles. The van der Waals surface area contributed by atoms with Crippen molar-refractivity contribution in [2.75, 3.05) is 6.26 Å². The summed E-state index contributed by atoms with van der Waals surface area (Å²) in [5.74, 6) is 0.413. The van der Waals surface area contributed by atoms with Crippen molar-refractivity contribution >= 4 is 10.1 Å². The van der Waals surface area contributed by atoms with E-state index in [-0.39, 0.29) is 0 Å². The Balaban J connectivity index is 3.17. The molecule has 0 fully saturated rings. The van der Waals surface area contributed by atoms with E-state index in [1.54, 1.807) is 6.07 Å². The molecule has 0 aromatic heterocycles. The third kappa shape index (κ3) is 2.73. The Morgan fingerprint density at radius 1 is 1.00 bits per heavy atom. The lowest BCUT2D eigenvalue weighted by Crippen LogP contribution is -2.07. The van der Waals surface area contributed by atoms with Crippen LogP contribution in [0.1, 0.15) is 16.7 Å². The average molecular weight is 214 g/mol. The normalized spacial score (nSPS) is 11.4. The Labute approximate surface area is 84.8 Å². The summed E-state index contributed by atoms with van der Waals surface area (Å²) in [4.78, 5) is 0. The van der Waals surface area contributed by atoms with Crippen LogP contribution >= 0.6 is 0 Å². The quantitative estimate of drug-likeness (QED) is 0.707. The molecule has 0 radical (unpaired) electrons. The molecule has 4 heteroatoms. The Bertz CT molecular complexity index is 447. The smallest absolute Gasteiger partial charge is 0.306 e. The molecule has 0 heterocycles. The van der Waals surface area contributed by atoms with Gasteiger partial charge in [0.15, 0.2) is 0 Å². The van der Waals surface area contributed by atoms with Crippen molar-refractivity contribution in [2.45, 2.75) is 20.8 Å². The van der Waals surface area contributed by atoms with Gasteiger partial charge in [-0.05, 0) is 43.5 Å². The summed E-state index contributed by atoms with van der Waals surface area (Å²) in [6.45, 7) is 5.73. The molecule has 0 unspecified atom stereocenters. The Morgan fingerprint density at radius 3 is 2.00 bits per heavy atom. The molecule has 0 atom stereocenters. The summed E-state index contributed by atoms with van der Waals surface area (Å²) >= 11 is 0. The SMILES string of the molecule is Cc1cc(C)c(OS(C)(=O)=O)cc1C. The summed E-state index contributed by atoms with van der Waals surface area (Å²) in [6.07, 6.45) is 1.04. The number of hydrogen-bond acceptors (Lipinski definition) is 3. The predicted octanol–water partition coefficient (Wildman–Crippen LogP) is 1.95. The highest BCUT2D eigenvalue weighted by molar-refractivity contribution is 7.86. The van der Waals surface area contributed by atoms with E-state index in [2.05, 4.69) is 0 Å².